The molecule has 0 radical (unpaired) electrons. The van der Waals surface area contributed by atoms with Crippen LogP contribution in [-0.4, -0.2) is 30.0 Å². The molecule has 0 aromatic heterocycles. The van der Waals surface area contributed by atoms with E-state index in [1.807, 2.05) is 39.0 Å². The van der Waals surface area contributed by atoms with Crippen LogP contribution in [0, 0.1) is 0 Å². The summed E-state index contributed by atoms with van der Waals surface area (Å²) in [5, 5.41) is 0. The highest BCUT2D eigenvalue weighted by molar-refractivity contribution is 5.99. The lowest BCUT2D eigenvalue weighted by Gasteiger charge is -2.22. The van der Waals surface area contributed by atoms with Gasteiger partial charge in [0.1, 0.15) is 17.4 Å². The van der Waals surface area contributed by atoms with Crippen molar-refractivity contribution >= 4 is 11.8 Å². The number of unbranched alkanes of at least 4 members (excludes halogenated alkanes) is 1. The molecule has 2 rings (SSSR count). The average molecular weight is 388 g/mol. The molecule has 0 saturated heterocycles. The largest absolute Gasteiger partial charge is 0.493 e. The molecule has 0 heterocycles. The number of carbonyl (C=O) groups is 2. The normalized spacial score (nSPS) is 14.9. The Balaban J connectivity index is 1.87. The molecule has 1 aliphatic carbocycles. The number of Topliss-reactive ketones (excluding diaryl/α,β-unsaturated/α-hetero) is 1. The number of rotatable bonds is 9. The zero-order valence-electron chi connectivity index (χ0n) is 17.4. The van der Waals surface area contributed by atoms with Gasteiger partial charge in [0.15, 0.2) is 5.78 Å². The molecule has 2 N–H and O–H groups in total. The lowest BCUT2D eigenvalue weighted by molar-refractivity contribution is -0.156. The molecule has 0 saturated carbocycles. The van der Waals surface area contributed by atoms with Gasteiger partial charge in [-0.3, -0.25) is 9.59 Å². The molecule has 1 aliphatic rings. The van der Waals surface area contributed by atoms with Crippen molar-refractivity contribution in [2.45, 2.75) is 77.4 Å². The van der Waals surface area contributed by atoms with Crippen molar-refractivity contribution in [2.75, 3.05) is 6.61 Å². The zero-order chi connectivity index (χ0) is 20.7. The molecular weight excluding hydrogens is 354 g/mol. The molecule has 0 fully saturated rings. The number of ether oxygens (including phenoxy) is 2. The van der Waals surface area contributed by atoms with Crippen LogP contribution in [0.15, 0.2) is 24.8 Å². The van der Waals surface area contributed by atoms with Gasteiger partial charge in [-0.05, 0) is 77.0 Å². The molecule has 1 atom stereocenters. The van der Waals surface area contributed by atoms with Crippen LogP contribution in [0.3, 0.4) is 0 Å². The summed E-state index contributed by atoms with van der Waals surface area (Å²) in [5.41, 5.74) is 8.41. The molecule has 5 nitrogen and oxygen atoms in total. The number of esters is 1. The maximum Gasteiger partial charge on any atom is 0.323 e. The highest BCUT2D eigenvalue weighted by Crippen LogP contribution is 2.32. The van der Waals surface area contributed by atoms with Crippen molar-refractivity contribution in [3.05, 3.63) is 41.5 Å². The minimum absolute atomic E-state index is 0.217. The smallest absolute Gasteiger partial charge is 0.323 e. The number of hydrogen-bond donors (Lipinski definition) is 1. The maximum absolute atomic E-state index is 12.1. The van der Waals surface area contributed by atoms with Gasteiger partial charge in [-0.15, -0.1) is 6.58 Å². The van der Waals surface area contributed by atoms with Crippen molar-refractivity contribution < 1.29 is 19.1 Å². The molecule has 0 spiro atoms. The third-order valence-corrected chi connectivity index (χ3v) is 4.74. The summed E-state index contributed by atoms with van der Waals surface area (Å²) in [4.78, 5) is 24.0. The fourth-order valence-corrected chi connectivity index (χ4v) is 3.43. The summed E-state index contributed by atoms with van der Waals surface area (Å²) < 4.78 is 11.3. The van der Waals surface area contributed by atoms with Gasteiger partial charge in [-0.1, -0.05) is 6.08 Å². The van der Waals surface area contributed by atoms with Gasteiger partial charge >= 0.3 is 5.97 Å². The topological polar surface area (TPSA) is 78.6 Å². The predicted octanol–water partition coefficient (Wildman–Crippen LogP) is 4.15. The van der Waals surface area contributed by atoms with Crippen molar-refractivity contribution in [1.29, 1.82) is 0 Å². The number of fused-ring (bicyclic) bond motifs is 1. The van der Waals surface area contributed by atoms with Crippen LogP contribution in [0.25, 0.3) is 0 Å². The quantitative estimate of drug-likeness (QED) is 0.391. The van der Waals surface area contributed by atoms with Gasteiger partial charge in [-0.25, -0.2) is 0 Å². The van der Waals surface area contributed by atoms with Crippen molar-refractivity contribution in [3.63, 3.8) is 0 Å². The Labute approximate surface area is 168 Å². The first-order valence-corrected chi connectivity index (χ1v) is 10.1. The van der Waals surface area contributed by atoms with E-state index >= 15 is 0 Å². The molecule has 1 aromatic carbocycles. The second-order valence-electron chi connectivity index (χ2n) is 8.32. The van der Waals surface area contributed by atoms with Crippen molar-refractivity contribution in [3.8, 4) is 5.75 Å². The second-order valence-corrected chi connectivity index (χ2v) is 8.32. The number of benzene rings is 1. The monoisotopic (exact) mass is 387 g/mol. The lowest BCUT2D eigenvalue weighted by Crippen LogP contribution is -2.37. The Morgan fingerprint density at radius 3 is 2.71 bits per heavy atom. The molecule has 154 valence electrons. The van der Waals surface area contributed by atoms with Crippen LogP contribution < -0.4 is 10.5 Å². The fourth-order valence-electron chi connectivity index (χ4n) is 3.43. The Hall–Kier alpha value is -2.14. The third-order valence-electron chi connectivity index (χ3n) is 4.74. The van der Waals surface area contributed by atoms with E-state index < -0.39 is 11.6 Å². The summed E-state index contributed by atoms with van der Waals surface area (Å²) in [6, 6.07) is 3.18. The first-order chi connectivity index (χ1) is 13.2. The van der Waals surface area contributed by atoms with E-state index in [2.05, 4.69) is 6.58 Å². The number of carbonyl (C=O) groups excluding carboxylic acids is 2. The van der Waals surface area contributed by atoms with E-state index in [1.54, 1.807) is 0 Å². The first kappa shape index (κ1) is 22.2. The number of allylic oxidation sites excluding steroid dienone is 1. The Morgan fingerprint density at radius 1 is 1.29 bits per heavy atom. The zero-order valence-corrected chi connectivity index (χ0v) is 17.4. The molecule has 0 aliphatic heterocycles. The maximum atomic E-state index is 12.1. The molecule has 0 amide bonds. The van der Waals surface area contributed by atoms with E-state index in [1.165, 1.54) is 0 Å². The summed E-state index contributed by atoms with van der Waals surface area (Å²) in [7, 11) is 0. The number of hydrogen-bond acceptors (Lipinski definition) is 5. The van der Waals surface area contributed by atoms with Crippen molar-refractivity contribution in [1.82, 2.24) is 0 Å². The van der Waals surface area contributed by atoms with Gasteiger partial charge in [0.2, 0.25) is 0 Å². The fraction of sp³-hybridized carbons (Fsp3) is 0.565. The van der Waals surface area contributed by atoms with E-state index in [9.17, 15) is 9.59 Å². The minimum Gasteiger partial charge on any atom is -0.493 e. The van der Waals surface area contributed by atoms with Crippen LogP contribution >= 0.6 is 0 Å². The van der Waals surface area contributed by atoms with Gasteiger partial charge in [0, 0.05) is 17.5 Å². The van der Waals surface area contributed by atoms with Gasteiger partial charge in [-0.2, -0.15) is 0 Å². The van der Waals surface area contributed by atoms with Crippen LogP contribution in [0.4, 0.5) is 0 Å². The van der Waals surface area contributed by atoms with E-state index in [4.69, 9.17) is 15.2 Å². The highest BCUT2D eigenvalue weighted by Gasteiger charge is 2.23. The first-order valence-electron chi connectivity index (χ1n) is 10.1. The van der Waals surface area contributed by atoms with Gasteiger partial charge in [0.25, 0.3) is 0 Å². The third kappa shape index (κ3) is 6.20. The Kier molecular flexibility index (Phi) is 7.81. The summed E-state index contributed by atoms with van der Waals surface area (Å²) in [5.74, 6) is 0.681. The molecule has 28 heavy (non-hydrogen) atoms. The summed E-state index contributed by atoms with van der Waals surface area (Å²) in [6.45, 7) is 9.87. The minimum atomic E-state index is -0.606. The second kappa shape index (κ2) is 9.87. The Bertz CT molecular complexity index is 718. The van der Waals surface area contributed by atoms with Crippen LogP contribution in [0.1, 0.15) is 74.4 Å². The van der Waals surface area contributed by atoms with Gasteiger partial charge in [0.05, 0.1) is 6.61 Å². The molecule has 1 unspecified atom stereocenters. The molecule has 1 aromatic rings. The van der Waals surface area contributed by atoms with Crippen LogP contribution in [0.2, 0.25) is 0 Å². The van der Waals surface area contributed by atoms with E-state index in [0.29, 0.717) is 25.9 Å². The average Bonchev–Trinajstić information content (AvgIpc) is 2.61. The van der Waals surface area contributed by atoms with Gasteiger partial charge < -0.3 is 15.2 Å². The lowest BCUT2D eigenvalue weighted by atomic mass is 9.86. The Morgan fingerprint density at radius 2 is 2.04 bits per heavy atom. The van der Waals surface area contributed by atoms with Crippen LogP contribution in [-0.2, 0) is 22.4 Å². The molecule has 0 bridgehead atoms. The summed E-state index contributed by atoms with van der Waals surface area (Å²) in [6.07, 6.45) is 7.10. The van der Waals surface area contributed by atoms with Crippen LogP contribution in [0.5, 0.6) is 5.75 Å². The number of nitrogens with two attached hydrogens (primary N) is 1. The SMILES string of the molecule is C=CCc1c(OCCCCC(N)C(=O)OC(C)(C)C)ccc2c1CCCC2=O. The van der Waals surface area contributed by atoms with E-state index in [-0.39, 0.29) is 11.8 Å². The van der Waals surface area contributed by atoms with E-state index in [0.717, 1.165) is 48.1 Å². The highest BCUT2D eigenvalue weighted by atomic mass is 16.6. The molecule has 5 heteroatoms. The molecular formula is C23H33NO4. The summed E-state index contributed by atoms with van der Waals surface area (Å²) >= 11 is 0. The van der Waals surface area contributed by atoms with Crippen molar-refractivity contribution in [2.24, 2.45) is 5.73 Å². The predicted molar refractivity (Wildman–Crippen MR) is 111 cm³/mol. The standard InChI is InChI=1S/C23H33NO4/c1-5-9-18-16-10-8-12-20(25)17(16)13-14-21(18)27-15-7-6-11-19(24)22(26)28-23(2,3)4/h5,13-14,19H,1,6-12,15,24H2,2-4H3. The number of ketones is 1.